The van der Waals surface area contributed by atoms with Crippen LogP contribution in [0.4, 0.5) is 0 Å². The first-order valence-electron chi connectivity index (χ1n) is 8.07. The summed E-state index contributed by atoms with van der Waals surface area (Å²) in [5, 5.41) is 20.6. The van der Waals surface area contributed by atoms with E-state index in [1.54, 1.807) is 12.1 Å². The van der Waals surface area contributed by atoms with E-state index < -0.39 is 18.5 Å². The number of nitrogens with zero attached hydrogens (tertiary/aromatic N) is 1. The van der Waals surface area contributed by atoms with Gasteiger partial charge in [0.05, 0.1) is 13.2 Å². The molecule has 2 N–H and O–H groups in total. The molecule has 0 unspecified atom stereocenters. The fraction of sp³-hybridized carbons (Fsp3) is 0.389. The van der Waals surface area contributed by atoms with E-state index in [0.29, 0.717) is 24.5 Å². The van der Waals surface area contributed by atoms with E-state index in [1.807, 2.05) is 6.07 Å². The maximum absolute atomic E-state index is 12.2. The molecule has 1 atom stereocenters. The van der Waals surface area contributed by atoms with Crippen LogP contribution in [-0.2, 0) is 14.3 Å². The largest absolute Gasteiger partial charge is 0.493 e. The minimum absolute atomic E-state index is 0.00958. The molecule has 1 saturated heterocycles. The molecule has 8 nitrogen and oxygen atoms in total. The van der Waals surface area contributed by atoms with Gasteiger partial charge in [-0.2, -0.15) is 5.26 Å². The van der Waals surface area contributed by atoms with Crippen LogP contribution in [0.2, 0.25) is 0 Å². The van der Waals surface area contributed by atoms with Crippen LogP contribution in [0.3, 0.4) is 0 Å². The van der Waals surface area contributed by atoms with Gasteiger partial charge in [0, 0.05) is 13.2 Å². The first-order valence-corrected chi connectivity index (χ1v) is 8.07. The van der Waals surface area contributed by atoms with E-state index >= 15 is 0 Å². The predicted molar refractivity (Wildman–Crippen MR) is 91.7 cm³/mol. The molecule has 138 valence electrons. The summed E-state index contributed by atoms with van der Waals surface area (Å²) in [4.78, 5) is 22.7. The highest BCUT2D eigenvalue weighted by molar-refractivity contribution is 6.01. The van der Waals surface area contributed by atoms with Gasteiger partial charge in [0.15, 0.2) is 18.1 Å². The SMILES string of the molecule is COc1cc(/C=C(/C#N)C(=O)NC[C@@H]2CCCO2)ccc1OCC(=O)O. The van der Waals surface area contributed by atoms with Crippen molar-refractivity contribution in [2.24, 2.45) is 0 Å². The monoisotopic (exact) mass is 360 g/mol. The van der Waals surface area contributed by atoms with Gasteiger partial charge in [0.1, 0.15) is 11.6 Å². The summed E-state index contributed by atoms with van der Waals surface area (Å²) in [5.41, 5.74) is 0.498. The highest BCUT2D eigenvalue weighted by Gasteiger charge is 2.17. The van der Waals surface area contributed by atoms with Crippen molar-refractivity contribution in [3.05, 3.63) is 29.3 Å². The van der Waals surface area contributed by atoms with Crippen molar-refractivity contribution in [3.63, 3.8) is 0 Å². The Hall–Kier alpha value is -3.05. The number of carbonyl (C=O) groups excluding carboxylic acids is 1. The summed E-state index contributed by atoms with van der Waals surface area (Å²) in [7, 11) is 1.41. The lowest BCUT2D eigenvalue weighted by atomic mass is 10.1. The molecular formula is C18H20N2O6. The molecule has 0 aromatic heterocycles. The number of rotatable bonds is 8. The zero-order valence-corrected chi connectivity index (χ0v) is 14.4. The second-order valence-corrected chi connectivity index (χ2v) is 5.61. The van der Waals surface area contributed by atoms with Crippen LogP contribution in [0.15, 0.2) is 23.8 Å². The van der Waals surface area contributed by atoms with Crippen LogP contribution >= 0.6 is 0 Å². The van der Waals surface area contributed by atoms with Gasteiger partial charge in [-0.1, -0.05) is 6.07 Å². The third kappa shape index (κ3) is 5.50. The minimum Gasteiger partial charge on any atom is -0.493 e. The Morgan fingerprint density at radius 2 is 2.27 bits per heavy atom. The number of ether oxygens (including phenoxy) is 3. The number of carboxylic acids is 1. The van der Waals surface area contributed by atoms with E-state index in [4.69, 9.17) is 19.3 Å². The number of carboxylic acid groups (broad SMARTS) is 1. The molecule has 1 heterocycles. The molecule has 1 amide bonds. The van der Waals surface area contributed by atoms with Crippen molar-refractivity contribution in [1.29, 1.82) is 5.26 Å². The Morgan fingerprint density at radius 1 is 1.46 bits per heavy atom. The summed E-state index contributed by atoms with van der Waals surface area (Å²) in [6.45, 7) is 0.557. The smallest absolute Gasteiger partial charge is 0.341 e. The van der Waals surface area contributed by atoms with E-state index in [0.717, 1.165) is 12.8 Å². The zero-order valence-electron chi connectivity index (χ0n) is 14.4. The Morgan fingerprint density at radius 3 is 2.88 bits per heavy atom. The van der Waals surface area contributed by atoms with Gasteiger partial charge < -0.3 is 24.6 Å². The molecule has 1 aromatic carbocycles. The molecular weight excluding hydrogens is 340 g/mol. The topological polar surface area (TPSA) is 118 Å². The highest BCUT2D eigenvalue weighted by Crippen LogP contribution is 2.29. The average molecular weight is 360 g/mol. The molecule has 0 bridgehead atoms. The first-order chi connectivity index (χ1) is 12.5. The third-order valence-corrected chi connectivity index (χ3v) is 3.73. The van der Waals surface area contributed by atoms with Gasteiger partial charge in [-0.15, -0.1) is 0 Å². The Kier molecular flexibility index (Phi) is 7.00. The summed E-state index contributed by atoms with van der Waals surface area (Å²) < 4.78 is 15.7. The Bertz CT molecular complexity index is 732. The molecule has 1 aromatic rings. The number of nitrogens with one attached hydrogen (secondary N) is 1. The van der Waals surface area contributed by atoms with Crippen molar-refractivity contribution < 1.29 is 28.9 Å². The fourth-order valence-electron chi connectivity index (χ4n) is 2.46. The maximum Gasteiger partial charge on any atom is 0.341 e. The van der Waals surface area contributed by atoms with Crippen LogP contribution < -0.4 is 14.8 Å². The Labute approximate surface area is 151 Å². The summed E-state index contributed by atoms with van der Waals surface area (Å²) in [5.74, 6) is -1.02. The quantitative estimate of drug-likeness (QED) is 0.531. The minimum atomic E-state index is -1.11. The lowest BCUT2D eigenvalue weighted by Gasteiger charge is -2.11. The van der Waals surface area contributed by atoms with Crippen molar-refractivity contribution in [3.8, 4) is 17.6 Å². The van der Waals surface area contributed by atoms with Crippen LogP contribution in [-0.4, -0.2) is 50.0 Å². The summed E-state index contributed by atoms with van der Waals surface area (Å²) >= 11 is 0. The number of hydrogen-bond donors (Lipinski definition) is 2. The van der Waals surface area contributed by atoms with Crippen LogP contribution in [0.1, 0.15) is 18.4 Å². The third-order valence-electron chi connectivity index (χ3n) is 3.73. The number of aliphatic carboxylic acids is 1. The number of benzene rings is 1. The number of carbonyl (C=O) groups is 2. The van der Waals surface area contributed by atoms with Crippen molar-refractivity contribution in [1.82, 2.24) is 5.32 Å². The number of amides is 1. The van der Waals surface area contributed by atoms with E-state index in [1.165, 1.54) is 19.3 Å². The summed E-state index contributed by atoms with van der Waals surface area (Å²) in [6.07, 6.45) is 3.27. The molecule has 8 heteroatoms. The van der Waals surface area contributed by atoms with Gasteiger partial charge in [-0.3, -0.25) is 4.79 Å². The normalized spacial score (nSPS) is 16.6. The number of hydrogen-bond acceptors (Lipinski definition) is 6. The molecule has 1 fully saturated rings. The lowest BCUT2D eigenvalue weighted by molar-refractivity contribution is -0.139. The van der Waals surface area contributed by atoms with Crippen molar-refractivity contribution >= 4 is 18.0 Å². The Balaban J connectivity index is 2.07. The molecule has 2 rings (SSSR count). The molecule has 26 heavy (non-hydrogen) atoms. The fourth-order valence-corrected chi connectivity index (χ4v) is 2.46. The van der Waals surface area contributed by atoms with E-state index in [-0.39, 0.29) is 17.4 Å². The summed E-state index contributed by atoms with van der Waals surface area (Å²) in [6, 6.07) is 6.56. The van der Waals surface area contributed by atoms with Gasteiger partial charge >= 0.3 is 5.97 Å². The van der Waals surface area contributed by atoms with Crippen molar-refractivity contribution in [2.75, 3.05) is 26.9 Å². The standard InChI is InChI=1S/C18H20N2O6/c1-24-16-8-12(4-5-15(16)26-11-17(21)22)7-13(9-19)18(23)20-10-14-3-2-6-25-14/h4-5,7-8,14H,2-3,6,10-11H2,1H3,(H,20,23)(H,21,22)/b13-7-/t14-/m0/s1. The van der Waals surface area contributed by atoms with Crippen LogP contribution in [0.25, 0.3) is 6.08 Å². The lowest BCUT2D eigenvalue weighted by Crippen LogP contribution is -2.32. The van der Waals surface area contributed by atoms with Crippen molar-refractivity contribution in [2.45, 2.75) is 18.9 Å². The number of nitriles is 1. The second-order valence-electron chi connectivity index (χ2n) is 5.61. The zero-order chi connectivity index (χ0) is 18.9. The molecule has 1 aliphatic rings. The van der Waals surface area contributed by atoms with Crippen LogP contribution in [0, 0.1) is 11.3 Å². The first kappa shape index (κ1) is 19.3. The average Bonchev–Trinajstić information content (AvgIpc) is 3.16. The molecule has 1 aliphatic heterocycles. The molecule has 0 saturated carbocycles. The van der Waals surface area contributed by atoms with E-state index in [2.05, 4.69) is 5.32 Å². The van der Waals surface area contributed by atoms with Gasteiger partial charge in [-0.05, 0) is 36.6 Å². The van der Waals surface area contributed by atoms with E-state index in [9.17, 15) is 14.9 Å². The molecule has 0 spiro atoms. The maximum atomic E-state index is 12.2. The molecule has 0 aliphatic carbocycles. The predicted octanol–water partition coefficient (Wildman–Crippen LogP) is 1.36. The van der Waals surface area contributed by atoms with Gasteiger partial charge in [-0.25, -0.2) is 4.79 Å². The van der Waals surface area contributed by atoms with Gasteiger partial charge in [0.25, 0.3) is 5.91 Å². The van der Waals surface area contributed by atoms with Gasteiger partial charge in [0.2, 0.25) is 0 Å². The number of methoxy groups -OCH3 is 1. The second kappa shape index (κ2) is 9.44. The molecule has 0 radical (unpaired) electrons. The highest BCUT2D eigenvalue weighted by atomic mass is 16.5. The van der Waals surface area contributed by atoms with Crippen LogP contribution in [0.5, 0.6) is 11.5 Å².